The second kappa shape index (κ2) is 12.6. The molecule has 1 fully saturated rings. The standard InChI is InChI=1S/C24H38N6O2/c1-3-5-12-25-24-27-17-21(22(29-24)28-19-6-8-20(31)9-7-19)23(32)26-16-18-10-14-30(13-4-2)15-11-18/h4,10,17,19-20,31H,2-3,5-9,11-16H2,1H3,(H,26,32)(H2,25,27,28,29). The predicted molar refractivity (Wildman–Crippen MR) is 129 cm³/mol. The van der Waals surface area contributed by atoms with Gasteiger partial charge < -0.3 is 21.1 Å². The summed E-state index contributed by atoms with van der Waals surface area (Å²) in [4.78, 5) is 24.3. The van der Waals surface area contributed by atoms with E-state index in [1.807, 2.05) is 6.08 Å². The van der Waals surface area contributed by atoms with Crippen LogP contribution in [0.1, 0.15) is 62.2 Å². The van der Waals surface area contributed by atoms with Crippen LogP contribution in [-0.2, 0) is 0 Å². The Hall–Kier alpha value is -2.45. The van der Waals surface area contributed by atoms with E-state index < -0.39 is 0 Å². The maximum absolute atomic E-state index is 13.0. The highest BCUT2D eigenvalue weighted by atomic mass is 16.3. The normalized spacial score (nSPS) is 21.5. The number of aromatic nitrogens is 2. The third-order valence-corrected chi connectivity index (χ3v) is 6.13. The van der Waals surface area contributed by atoms with Crippen molar-refractivity contribution in [2.75, 3.05) is 43.4 Å². The third kappa shape index (κ3) is 7.31. The number of nitrogens with one attached hydrogen (secondary N) is 3. The molecule has 4 N–H and O–H groups in total. The molecule has 8 heteroatoms. The number of hydrogen-bond donors (Lipinski definition) is 4. The minimum atomic E-state index is -0.223. The maximum Gasteiger partial charge on any atom is 0.256 e. The van der Waals surface area contributed by atoms with Crippen LogP contribution in [0.3, 0.4) is 0 Å². The van der Waals surface area contributed by atoms with E-state index in [0.717, 1.165) is 71.1 Å². The fourth-order valence-electron chi connectivity index (χ4n) is 4.08. The minimum absolute atomic E-state index is 0.169. The first-order chi connectivity index (χ1) is 15.6. The number of unbranched alkanes of at least 4 members (excludes halogenated alkanes) is 1. The fraction of sp³-hybridized carbons (Fsp3) is 0.625. The van der Waals surface area contributed by atoms with Gasteiger partial charge in [-0.05, 0) is 38.5 Å². The summed E-state index contributed by atoms with van der Waals surface area (Å²) in [5, 5.41) is 19.5. The molecule has 1 aliphatic heterocycles. The van der Waals surface area contributed by atoms with E-state index in [0.29, 0.717) is 23.9 Å². The number of carbonyl (C=O) groups is 1. The van der Waals surface area contributed by atoms with Crippen molar-refractivity contribution < 1.29 is 9.90 Å². The monoisotopic (exact) mass is 442 g/mol. The molecule has 2 heterocycles. The van der Waals surface area contributed by atoms with Crippen LogP contribution < -0.4 is 16.0 Å². The van der Waals surface area contributed by atoms with Crippen LogP contribution in [0, 0.1) is 0 Å². The predicted octanol–water partition coefficient (Wildman–Crippen LogP) is 2.95. The number of hydrogen-bond acceptors (Lipinski definition) is 7. The molecule has 32 heavy (non-hydrogen) atoms. The van der Waals surface area contributed by atoms with Gasteiger partial charge in [0.25, 0.3) is 5.91 Å². The lowest BCUT2D eigenvalue weighted by Crippen LogP contribution is -2.34. The largest absolute Gasteiger partial charge is 0.393 e. The van der Waals surface area contributed by atoms with Gasteiger partial charge in [0.05, 0.1) is 6.10 Å². The number of rotatable bonds is 11. The molecule has 0 atom stereocenters. The summed E-state index contributed by atoms with van der Waals surface area (Å²) in [5.41, 5.74) is 1.70. The molecule has 0 unspecified atom stereocenters. The lowest BCUT2D eigenvalue weighted by molar-refractivity contribution is 0.0956. The molecular weight excluding hydrogens is 404 g/mol. The molecule has 0 bridgehead atoms. The van der Waals surface area contributed by atoms with Crippen molar-refractivity contribution in [1.82, 2.24) is 20.2 Å². The van der Waals surface area contributed by atoms with E-state index in [1.54, 1.807) is 6.20 Å². The number of nitrogens with zero attached hydrogens (tertiary/aromatic N) is 3. The summed E-state index contributed by atoms with van der Waals surface area (Å²) in [6.45, 7) is 10.0. The van der Waals surface area contributed by atoms with Crippen LogP contribution in [0.5, 0.6) is 0 Å². The van der Waals surface area contributed by atoms with Crippen molar-refractivity contribution in [3.8, 4) is 0 Å². The van der Waals surface area contributed by atoms with Gasteiger partial charge >= 0.3 is 0 Å². The fourth-order valence-corrected chi connectivity index (χ4v) is 4.08. The van der Waals surface area contributed by atoms with Crippen LogP contribution in [0.25, 0.3) is 0 Å². The van der Waals surface area contributed by atoms with Gasteiger partial charge in [-0.3, -0.25) is 9.69 Å². The zero-order chi connectivity index (χ0) is 22.8. The van der Waals surface area contributed by atoms with Gasteiger partial charge in [-0.25, -0.2) is 4.98 Å². The highest BCUT2D eigenvalue weighted by Crippen LogP contribution is 2.24. The van der Waals surface area contributed by atoms with Crippen LogP contribution in [0.2, 0.25) is 0 Å². The van der Waals surface area contributed by atoms with Gasteiger partial charge in [-0.2, -0.15) is 4.98 Å². The average molecular weight is 443 g/mol. The van der Waals surface area contributed by atoms with Gasteiger partial charge in [0, 0.05) is 45.0 Å². The number of anilines is 2. The number of aliphatic hydroxyl groups is 1. The quantitative estimate of drug-likeness (QED) is 0.309. The van der Waals surface area contributed by atoms with E-state index in [-0.39, 0.29) is 18.1 Å². The Labute approximate surface area is 191 Å². The maximum atomic E-state index is 13.0. The van der Waals surface area contributed by atoms with E-state index in [2.05, 4.69) is 50.4 Å². The summed E-state index contributed by atoms with van der Waals surface area (Å²) in [6, 6.07) is 0.195. The molecule has 3 rings (SSSR count). The lowest BCUT2D eigenvalue weighted by Gasteiger charge is -2.27. The third-order valence-electron chi connectivity index (χ3n) is 6.13. The van der Waals surface area contributed by atoms with E-state index in [1.165, 1.54) is 5.57 Å². The zero-order valence-electron chi connectivity index (χ0n) is 19.3. The highest BCUT2D eigenvalue weighted by Gasteiger charge is 2.23. The highest BCUT2D eigenvalue weighted by molar-refractivity contribution is 5.98. The summed E-state index contributed by atoms with van der Waals surface area (Å²) < 4.78 is 0. The number of carbonyl (C=O) groups excluding carboxylic acids is 1. The van der Waals surface area contributed by atoms with E-state index in [4.69, 9.17) is 0 Å². The molecule has 1 aromatic rings. The van der Waals surface area contributed by atoms with Crippen molar-refractivity contribution in [3.63, 3.8) is 0 Å². The lowest BCUT2D eigenvalue weighted by atomic mass is 9.93. The summed E-state index contributed by atoms with van der Waals surface area (Å²) >= 11 is 0. The van der Waals surface area contributed by atoms with Crippen molar-refractivity contribution in [3.05, 3.63) is 36.1 Å². The molecule has 0 spiro atoms. The van der Waals surface area contributed by atoms with Crippen LogP contribution in [0.4, 0.5) is 11.8 Å². The number of aliphatic hydroxyl groups excluding tert-OH is 1. The first-order valence-electron chi connectivity index (χ1n) is 11.9. The minimum Gasteiger partial charge on any atom is -0.393 e. The number of amides is 1. The zero-order valence-corrected chi connectivity index (χ0v) is 19.3. The molecule has 0 radical (unpaired) electrons. The van der Waals surface area contributed by atoms with Crippen molar-refractivity contribution in [1.29, 1.82) is 0 Å². The van der Waals surface area contributed by atoms with Gasteiger partial charge in [-0.1, -0.05) is 31.1 Å². The van der Waals surface area contributed by atoms with Gasteiger partial charge in [-0.15, -0.1) is 6.58 Å². The molecule has 1 saturated carbocycles. The van der Waals surface area contributed by atoms with Crippen molar-refractivity contribution in [2.24, 2.45) is 0 Å². The smallest absolute Gasteiger partial charge is 0.256 e. The van der Waals surface area contributed by atoms with Gasteiger partial charge in [0.1, 0.15) is 11.4 Å². The summed E-state index contributed by atoms with van der Waals surface area (Å²) in [5.74, 6) is 0.927. The Kier molecular flexibility index (Phi) is 9.49. The molecular formula is C24H38N6O2. The molecule has 176 valence electrons. The first-order valence-corrected chi connectivity index (χ1v) is 11.9. The van der Waals surface area contributed by atoms with Crippen molar-refractivity contribution in [2.45, 2.75) is 64.0 Å². The molecule has 1 aliphatic carbocycles. The Morgan fingerprint density at radius 2 is 2.16 bits per heavy atom. The molecule has 1 aromatic heterocycles. The molecule has 0 saturated heterocycles. The topological polar surface area (TPSA) is 102 Å². The average Bonchev–Trinajstić information content (AvgIpc) is 2.80. The van der Waals surface area contributed by atoms with Gasteiger partial charge in [0.15, 0.2) is 0 Å². The van der Waals surface area contributed by atoms with E-state index >= 15 is 0 Å². The van der Waals surface area contributed by atoms with Crippen LogP contribution in [-0.4, -0.2) is 70.8 Å². The SMILES string of the molecule is C=CCN1CC=C(CNC(=O)c2cnc(NCCCC)nc2NC2CCC(O)CC2)CC1. The second-order valence-electron chi connectivity index (χ2n) is 8.73. The van der Waals surface area contributed by atoms with Crippen LogP contribution >= 0.6 is 0 Å². The summed E-state index contributed by atoms with van der Waals surface area (Å²) in [7, 11) is 0. The Balaban J connectivity index is 1.64. The molecule has 0 aromatic carbocycles. The Morgan fingerprint density at radius 1 is 1.34 bits per heavy atom. The molecule has 8 nitrogen and oxygen atoms in total. The molecule has 2 aliphatic rings. The molecule has 1 amide bonds. The first kappa shape index (κ1) is 24.2. The Morgan fingerprint density at radius 3 is 2.84 bits per heavy atom. The Bertz CT molecular complexity index is 789. The summed E-state index contributed by atoms with van der Waals surface area (Å²) in [6.07, 6.45) is 11.8. The second-order valence-corrected chi connectivity index (χ2v) is 8.73. The van der Waals surface area contributed by atoms with Gasteiger partial charge in [0.2, 0.25) is 5.95 Å². The van der Waals surface area contributed by atoms with Crippen molar-refractivity contribution >= 4 is 17.7 Å². The van der Waals surface area contributed by atoms with Crippen LogP contribution in [0.15, 0.2) is 30.5 Å². The van der Waals surface area contributed by atoms with E-state index in [9.17, 15) is 9.90 Å².